The van der Waals surface area contributed by atoms with Crippen LogP contribution in [0.25, 0.3) is 11.1 Å². The van der Waals surface area contributed by atoms with Crippen LogP contribution in [0.5, 0.6) is 0 Å². The van der Waals surface area contributed by atoms with Crippen LogP contribution in [0.2, 0.25) is 0 Å². The first-order valence-electron chi connectivity index (χ1n) is 16.3. The molecule has 3 N–H and O–H groups in total. The molecule has 11 heteroatoms. The van der Waals surface area contributed by atoms with Gasteiger partial charge in [0.2, 0.25) is 5.91 Å². The van der Waals surface area contributed by atoms with Crippen molar-refractivity contribution in [1.29, 1.82) is 0 Å². The summed E-state index contributed by atoms with van der Waals surface area (Å²) in [6, 6.07) is 31.1. The van der Waals surface area contributed by atoms with Crippen molar-refractivity contribution >= 4 is 29.9 Å². The molecule has 5 rings (SSSR count). The molecule has 0 saturated carbocycles. The summed E-state index contributed by atoms with van der Waals surface area (Å²) in [5.74, 6) is -3.56. The monoisotopic (exact) mass is 678 g/mol. The molecule has 0 heterocycles. The number of carbonyl (C=O) groups is 5. The molecule has 1 aliphatic rings. The number of hydrogen-bond acceptors (Lipinski definition) is 8. The Bertz CT molecular complexity index is 1750. The van der Waals surface area contributed by atoms with Gasteiger partial charge in [-0.15, -0.1) is 0 Å². The molecule has 258 valence electrons. The molecule has 0 aromatic heterocycles. The van der Waals surface area contributed by atoms with Gasteiger partial charge in [-0.2, -0.15) is 0 Å². The van der Waals surface area contributed by atoms with E-state index in [2.05, 4.69) is 10.6 Å². The fourth-order valence-corrected chi connectivity index (χ4v) is 5.73. The first-order valence-corrected chi connectivity index (χ1v) is 16.3. The van der Waals surface area contributed by atoms with E-state index in [1.54, 1.807) is 24.3 Å². The highest BCUT2D eigenvalue weighted by Gasteiger charge is 2.30. The number of nitrogens with one attached hydrogen (secondary N) is 2. The molecule has 0 aliphatic heterocycles. The second-order valence-electron chi connectivity index (χ2n) is 11.8. The summed E-state index contributed by atoms with van der Waals surface area (Å²) in [4.78, 5) is 63.2. The van der Waals surface area contributed by atoms with Crippen molar-refractivity contribution in [3.8, 4) is 11.1 Å². The van der Waals surface area contributed by atoms with Gasteiger partial charge in [0, 0.05) is 18.8 Å². The highest BCUT2D eigenvalue weighted by molar-refractivity contribution is 5.86. The van der Waals surface area contributed by atoms with Crippen LogP contribution in [0.4, 0.5) is 4.79 Å². The van der Waals surface area contributed by atoms with Crippen LogP contribution in [-0.4, -0.2) is 53.7 Å². The predicted octanol–water partition coefficient (Wildman–Crippen LogP) is 5.51. The summed E-state index contributed by atoms with van der Waals surface area (Å²) in [5.41, 5.74) is 5.66. The lowest BCUT2D eigenvalue weighted by Gasteiger charge is -2.19. The Labute approximate surface area is 289 Å². The van der Waals surface area contributed by atoms with Crippen molar-refractivity contribution in [2.45, 2.75) is 56.9 Å². The quantitative estimate of drug-likeness (QED) is 0.103. The predicted molar refractivity (Wildman–Crippen MR) is 183 cm³/mol. The van der Waals surface area contributed by atoms with Gasteiger partial charge in [0.1, 0.15) is 31.9 Å². The Morgan fingerprint density at radius 1 is 0.600 bits per heavy atom. The topological polar surface area (TPSA) is 157 Å². The lowest BCUT2D eigenvalue weighted by Crippen LogP contribution is -2.44. The van der Waals surface area contributed by atoms with E-state index in [-0.39, 0.29) is 51.4 Å². The highest BCUT2D eigenvalue weighted by atomic mass is 16.6. The first-order chi connectivity index (χ1) is 24.3. The van der Waals surface area contributed by atoms with E-state index < -0.39 is 42.0 Å². The zero-order valence-electron chi connectivity index (χ0n) is 27.3. The Kier molecular flexibility index (Phi) is 12.3. The molecule has 4 aromatic rings. The number of carbonyl (C=O) groups excluding carboxylic acids is 4. The third-order valence-electron chi connectivity index (χ3n) is 8.32. The zero-order chi connectivity index (χ0) is 35.3. The summed E-state index contributed by atoms with van der Waals surface area (Å²) in [6.07, 6.45) is -1.85. The van der Waals surface area contributed by atoms with Gasteiger partial charge in [-0.3, -0.25) is 9.59 Å². The van der Waals surface area contributed by atoms with Crippen molar-refractivity contribution in [2.75, 3.05) is 6.61 Å². The molecule has 0 fully saturated rings. The molecule has 50 heavy (non-hydrogen) atoms. The van der Waals surface area contributed by atoms with Crippen molar-refractivity contribution in [1.82, 2.24) is 10.6 Å². The molecular weight excluding hydrogens is 640 g/mol. The molecule has 0 radical (unpaired) electrons. The summed E-state index contributed by atoms with van der Waals surface area (Å²) in [5, 5.41) is 14.7. The molecule has 2 unspecified atom stereocenters. The Balaban J connectivity index is 1.13. The lowest BCUT2D eigenvalue weighted by molar-refractivity contribution is -0.151. The number of aliphatic carboxylic acids is 1. The Morgan fingerprint density at radius 3 is 1.70 bits per heavy atom. The Morgan fingerprint density at radius 2 is 1.12 bits per heavy atom. The van der Waals surface area contributed by atoms with Gasteiger partial charge >= 0.3 is 24.0 Å². The molecule has 4 aromatic carbocycles. The van der Waals surface area contributed by atoms with E-state index in [9.17, 15) is 29.1 Å². The molecule has 1 aliphatic carbocycles. The highest BCUT2D eigenvalue weighted by Crippen LogP contribution is 2.44. The third kappa shape index (κ3) is 9.79. The van der Waals surface area contributed by atoms with Gasteiger partial charge in [-0.1, -0.05) is 109 Å². The molecule has 0 saturated heterocycles. The number of rotatable bonds is 16. The van der Waals surface area contributed by atoms with Crippen LogP contribution in [0.3, 0.4) is 0 Å². The fraction of sp³-hybridized carbons (Fsp3) is 0.256. The number of carboxylic acids is 1. The average molecular weight is 679 g/mol. The number of esters is 2. The second kappa shape index (κ2) is 17.4. The van der Waals surface area contributed by atoms with E-state index in [4.69, 9.17) is 14.2 Å². The number of ether oxygens (including phenoxy) is 3. The number of hydrogen-bond donors (Lipinski definition) is 3. The van der Waals surface area contributed by atoms with Gasteiger partial charge in [-0.05, 0) is 46.2 Å². The van der Waals surface area contributed by atoms with Crippen LogP contribution in [-0.2, 0) is 46.6 Å². The first kappa shape index (κ1) is 35.3. The smallest absolute Gasteiger partial charge is 0.407 e. The van der Waals surface area contributed by atoms with Crippen molar-refractivity contribution < 1.29 is 43.3 Å². The maximum atomic E-state index is 13.0. The van der Waals surface area contributed by atoms with Crippen molar-refractivity contribution in [3.05, 3.63) is 131 Å². The summed E-state index contributed by atoms with van der Waals surface area (Å²) >= 11 is 0. The third-order valence-corrected chi connectivity index (χ3v) is 8.32. The van der Waals surface area contributed by atoms with E-state index in [1.807, 2.05) is 84.9 Å². The van der Waals surface area contributed by atoms with Crippen LogP contribution < -0.4 is 10.6 Å². The minimum absolute atomic E-state index is 0.00671. The van der Waals surface area contributed by atoms with Crippen LogP contribution in [0, 0.1) is 0 Å². The van der Waals surface area contributed by atoms with E-state index in [1.165, 1.54) is 0 Å². The molecule has 2 atom stereocenters. The normalized spacial score (nSPS) is 12.8. The molecule has 2 amide bonds. The summed E-state index contributed by atoms with van der Waals surface area (Å²) in [6.45, 7) is 0.00525. The summed E-state index contributed by atoms with van der Waals surface area (Å²) in [7, 11) is 0. The molecule has 11 nitrogen and oxygen atoms in total. The number of fused-ring (bicyclic) bond motifs is 3. The number of alkyl carbamates (subject to hydrolysis) is 1. The van der Waals surface area contributed by atoms with Gasteiger partial charge in [0.05, 0.1) is 0 Å². The fourth-order valence-electron chi connectivity index (χ4n) is 5.73. The lowest BCUT2D eigenvalue weighted by atomic mass is 9.98. The van der Waals surface area contributed by atoms with Gasteiger partial charge in [0.25, 0.3) is 0 Å². The van der Waals surface area contributed by atoms with E-state index >= 15 is 0 Å². The maximum absolute atomic E-state index is 13.0. The molecular formula is C39H38N2O9. The minimum atomic E-state index is -1.44. The minimum Gasteiger partial charge on any atom is -0.480 e. The average Bonchev–Trinajstić information content (AvgIpc) is 3.46. The maximum Gasteiger partial charge on any atom is 0.407 e. The van der Waals surface area contributed by atoms with Crippen LogP contribution >= 0.6 is 0 Å². The Hall–Kier alpha value is -5.97. The molecule has 0 bridgehead atoms. The van der Waals surface area contributed by atoms with Crippen LogP contribution in [0.1, 0.15) is 53.9 Å². The number of amides is 2. The van der Waals surface area contributed by atoms with Crippen molar-refractivity contribution in [2.24, 2.45) is 0 Å². The SMILES string of the molecule is O=C(CCC(NC(=O)OCC1c2ccccc2-c2ccccc21)C(=O)O)NC(CCC(=O)OCc1ccccc1)C(=O)OCc1ccccc1. The van der Waals surface area contributed by atoms with Gasteiger partial charge in [-0.25, -0.2) is 14.4 Å². The van der Waals surface area contributed by atoms with Gasteiger partial charge in [0.15, 0.2) is 0 Å². The largest absolute Gasteiger partial charge is 0.480 e. The van der Waals surface area contributed by atoms with E-state index in [0.29, 0.717) is 0 Å². The number of carboxylic acid groups (broad SMARTS) is 1. The summed E-state index contributed by atoms with van der Waals surface area (Å²) < 4.78 is 16.2. The second-order valence-corrected chi connectivity index (χ2v) is 11.8. The standard InChI is InChI=1S/C39H38N2O9/c42-35(40-34(38(46)49-24-27-13-5-2-6-14-27)20-22-36(43)48-23-26-11-3-1-4-12-26)21-19-33(37(44)45)41-39(47)50-25-32-30-17-9-7-15-28(30)29-16-8-10-18-31(29)32/h1-18,32-34H,19-25H2,(H,40,42)(H,41,47)(H,44,45). The van der Waals surface area contributed by atoms with E-state index in [0.717, 1.165) is 33.4 Å². The number of benzene rings is 4. The zero-order valence-corrected chi connectivity index (χ0v) is 27.3. The van der Waals surface area contributed by atoms with Gasteiger partial charge < -0.3 is 30.0 Å². The molecule has 0 spiro atoms. The van der Waals surface area contributed by atoms with Crippen molar-refractivity contribution in [3.63, 3.8) is 0 Å². The van der Waals surface area contributed by atoms with Crippen LogP contribution in [0.15, 0.2) is 109 Å².